The zero-order chi connectivity index (χ0) is 27.0. The first-order valence-corrected chi connectivity index (χ1v) is 13.6. The number of nitro groups is 1. The van der Waals surface area contributed by atoms with Crippen LogP contribution in [-0.2, 0) is 23.7 Å². The number of carbonyl (C=O) groups is 2. The highest BCUT2D eigenvalue weighted by Gasteiger charge is 2.20. The first-order valence-electron chi connectivity index (χ1n) is 11.4. The maximum Gasteiger partial charge on any atom is 0.508 e. The fraction of sp³-hybridized carbons (Fsp3) is 0.682. The minimum absolute atomic E-state index is 0.0128. The van der Waals surface area contributed by atoms with Crippen LogP contribution in [0.3, 0.4) is 0 Å². The van der Waals surface area contributed by atoms with Gasteiger partial charge < -0.3 is 29.4 Å². The third-order valence-corrected chi connectivity index (χ3v) is 7.98. The van der Waals surface area contributed by atoms with Crippen LogP contribution in [0.2, 0.25) is 0 Å². The molecule has 2 N–H and O–H groups in total. The van der Waals surface area contributed by atoms with Gasteiger partial charge in [-0.3, -0.25) is 14.9 Å². The van der Waals surface area contributed by atoms with Crippen LogP contribution < -0.4 is 5.32 Å². The summed E-state index contributed by atoms with van der Waals surface area (Å²) in [6, 6.07) is 3.04. The molecule has 0 aliphatic heterocycles. The zero-order valence-electron chi connectivity index (χ0n) is 21.0. The Morgan fingerprint density at radius 2 is 2.06 bits per heavy atom. The van der Waals surface area contributed by atoms with Crippen molar-refractivity contribution in [2.45, 2.75) is 68.6 Å². The van der Waals surface area contributed by atoms with Crippen LogP contribution >= 0.6 is 21.6 Å². The quantitative estimate of drug-likeness (QED) is 0.0683. The Hall–Kier alpha value is -2.13. The van der Waals surface area contributed by atoms with Gasteiger partial charge in [0.15, 0.2) is 6.29 Å². The van der Waals surface area contributed by atoms with E-state index in [1.165, 1.54) is 30.2 Å². The van der Waals surface area contributed by atoms with Crippen molar-refractivity contribution in [3.8, 4) is 0 Å². The standard InChI is InChI=1S/C22H35N3O9S2/c1-5-17(34-20(14-26)31-4)15-33-21(28)32-12-9-18(27)23-11-6-10-22(2,3)36-35-19-8-7-16(13-24-19)25(29)30/h7-8,13,17,20,26H,5-6,9-12,14-15H2,1-4H3,(H,23,27). The first-order chi connectivity index (χ1) is 17.1. The van der Waals surface area contributed by atoms with Crippen LogP contribution in [0.15, 0.2) is 23.4 Å². The van der Waals surface area contributed by atoms with Crippen molar-refractivity contribution >= 4 is 39.3 Å². The second-order valence-electron chi connectivity index (χ2n) is 8.17. The average molecular weight is 550 g/mol. The van der Waals surface area contributed by atoms with Gasteiger partial charge in [0.25, 0.3) is 5.69 Å². The number of carbonyl (C=O) groups excluding carboxylic acids is 2. The van der Waals surface area contributed by atoms with Crippen molar-refractivity contribution in [2.24, 2.45) is 0 Å². The van der Waals surface area contributed by atoms with Crippen LogP contribution in [0.25, 0.3) is 0 Å². The first kappa shape index (κ1) is 31.9. The van der Waals surface area contributed by atoms with Crippen molar-refractivity contribution in [1.29, 1.82) is 0 Å². The molecule has 0 fully saturated rings. The van der Waals surface area contributed by atoms with Crippen molar-refractivity contribution in [3.05, 3.63) is 28.4 Å². The monoisotopic (exact) mass is 549 g/mol. The highest BCUT2D eigenvalue weighted by Crippen LogP contribution is 2.42. The summed E-state index contributed by atoms with van der Waals surface area (Å²) in [5.41, 5.74) is -0.0451. The van der Waals surface area contributed by atoms with E-state index in [1.54, 1.807) is 16.9 Å². The van der Waals surface area contributed by atoms with E-state index >= 15 is 0 Å². The molecule has 0 saturated carbocycles. The fourth-order valence-corrected chi connectivity index (χ4v) is 4.86. The van der Waals surface area contributed by atoms with Crippen LogP contribution in [0.4, 0.5) is 10.5 Å². The van der Waals surface area contributed by atoms with E-state index in [9.17, 15) is 19.7 Å². The van der Waals surface area contributed by atoms with E-state index in [0.29, 0.717) is 18.0 Å². The van der Waals surface area contributed by atoms with E-state index < -0.39 is 23.5 Å². The van der Waals surface area contributed by atoms with Crippen molar-refractivity contribution in [2.75, 3.05) is 33.5 Å². The number of amides is 1. The summed E-state index contributed by atoms with van der Waals surface area (Å²) in [6.45, 7) is 5.97. The largest absolute Gasteiger partial charge is 0.508 e. The Morgan fingerprint density at radius 3 is 2.64 bits per heavy atom. The van der Waals surface area contributed by atoms with Gasteiger partial charge in [-0.2, -0.15) is 0 Å². The number of hydrogen-bond acceptors (Lipinski definition) is 12. The SMILES string of the molecule is CCC(COC(=O)OCCC(=O)NCCCC(C)(C)SSc1ccc([N+](=O)[O-])cn1)OC(CO)OC. The topological polar surface area (TPSA) is 159 Å². The lowest BCUT2D eigenvalue weighted by Crippen LogP contribution is -2.30. The predicted molar refractivity (Wildman–Crippen MR) is 136 cm³/mol. The molecule has 2 atom stereocenters. The molecule has 204 valence electrons. The van der Waals surface area contributed by atoms with Gasteiger partial charge in [0.05, 0.1) is 24.1 Å². The molecule has 2 unspecified atom stereocenters. The fourth-order valence-electron chi connectivity index (χ4n) is 2.63. The molecule has 36 heavy (non-hydrogen) atoms. The zero-order valence-corrected chi connectivity index (χ0v) is 22.6. The van der Waals surface area contributed by atoms with E-state index in [0.717, 1.165) is 12.8 Å². The molecule has 14 heteroatoms. The minimum Gasteiger partial charge on any atom is -0.434 e. The number of pyridine rings is 1. The third-order valence-electron chi connectivity index (χ3n) is 4.71. The molecule has 0 aromatic carbocycles. The lowest BCUT2D eigenvalue weighted by atomic mass is 10.1. The molecule has 0 saturated heterocycles. The Bertz CT molecular complexity index is 808. The molecular weight excluding hydrogens is 514 g/mol. The molecule has 12 nitrogen and oxygen atoms in total. The van der Waals surface area contributed by atoms with Gasteiger partial charge in [0.1, 0.15) is 24.4 Å². The molecule has 0 aliphatic rings. The average Bonchev–Trinajstić information content (AvgIpc) is 2.86. The van der Waals surface area contributed by atoms with Gasteiger partial charge in [0, 0.05) is 24.5 Å². The molecule has 1 amide bonds. The summed E-state index contributed by atoms with van der Waals surface area (Å²) in [6.07, 6.45) is 1.20. The maximum atomic E-state index is 12.0. The van der Waals surface area contributed by atoms with Crippen LogP contribution in [0.5, 0.6) is 0 Å². The number of nitrogens with one attached hydrogen (secondary N) is 1. The number of rotatable bonds is 18. The predicted octanol–water partition coefficient (Wildman–Crippen LogP) is 3.71. The summed E-state index contributed by atoms with van der Waals surface area (Å²) in [7, 11) is 4.45. The van der Waals surface area contributed by atoms with Crippen molar-refractivity contribution in [1.82, 2.24) is 10.3 Å². The van der Waals surface area contributed by atoms with Gasteiger partial charge in [-0.05, 0) is 50.0 Å². The second-order valence-corrected chi connectivity index (χ2v) is 11.0. The molecule has 1 aromatic rings. The Balaban J connectivity index is 2.17. The van der Waals surface area contributed by atoms with Crippen LogP contribution in [0.1, 0.15) is 46.5 Å². The smallest absolute Gasteiger partial charge is 0.434 e. The van der Waals surface area contributed by atoms with Gasteiger partial charge >= 0.3 is 6.16 Å². The lowest BCUT2D eigenvalue weighted by Gasteiger charge is -2.22. The van der Waals surface area contributed by atoms with E-state index in [4.69, 9.17) is 24.1 Å². The van der Waals surface area contributed by atoms with Gasteiger partial charge in [-0.1, -0.05) is 17.7 Å². The Labute approximate surface area is 218 Å². The summed E-state index contributed by atoms with van der Waals surface area (Å²) >= 11 is 0. The maximum absolute atomic E-state index is 12.0. The molecular formula is C22H35N3O9S2. The second kappa shape index (κ2) is 17.3. The number of nitrogens with zero attached hydrogens (tertiary/aromatic N) is 2. The number of aromatic nitrogens is 1. The highest BCUT2D eigenvalue weighted by atomic mass is 33.1. The highest BCUT2D eigenvalue weighted by molar-refractivity contribution is 8.77. The van der Waals surface area contributed by atoms with Gasteiger partial charge in [0.2, 0.25) is 5.91 Å². The molecule has 0 aliphatic carbocycles. The summed E-state index contributed by atoms with van der Waals surface area (Å²) < 4.78 is 20.1. The van der Waals surface area contributed by atoms with Gasteiger partial charge in [-0.15, -0.1) is 0 Å². The Kier molecular flexibility index (Phi) is 15.4. The summed E-state index contributed by atoms with van der Waals surface area (Å²) in [5, 5.41) is 23.3. The third kappa shape index (κ3) is 13.8. The normalized spacial score (nSPS) is 13.0. The molecule has 0 spiro atoms. The van der Waals surface area contributed by atoms with E-state index in [1.807, 2.05) is 6.92 Å². The van der Waals surface area contributed by atoms with E-state index in [-0.39, 0.29) is 42.6 Å². The van der Waals surface area contributed by atoms with Crippen LogP contribution in [0, 0.1) is 10.1 Å². The number of ether oxygens (including phenoxy) is 4. The molecule has 0 bridgehead atoms. The molecule has 1 heterocycles. The Morgan fingerprint density at radius 1 is 1.31 bits per heavy atom. The minimum atomic E-state index is -0.901. The van der Waals surface area contributed by atoms with Crippen LogP contribution in [-0.4, -0.2) is 77.7 Å². The van der Waals surface area contributed by atoms with Crippen molar-refractivity contribution in [3.63, 3.8) is 0 Å². The summed E-state index contributed by atoms with van der Waals surface area (Å²) in [4.78, 5) is 38.0. The number of aliphatic hydroxyl groups is 1. The number of hydrogen-bond donors (Lipinski definition) is 2. The van der Waals surface area contributed by atoms with Gasteiger partial charge in [-0.25, -0.2) is 9.78 Å². The lowest BCUT2D eigenvalue weighted by molar-refractivity contribution is -0.385. The molecule has 1 rings (SSSR count). The molecule has 0 radical (unpaired) electrons. The molecule has 1 aromatic heterocycles. The number of aliphatic hydroxyl groups excluding tert-OH is 1. The number of methoxy groups -OCH3 is 1. The van der Waals surface area contributed by atoms with Crippen molar-refractivity contribution < 1.29 is 38.6 Å². The summed E-state index contributed by atoms with van der Waals surface area (Å²) in [5.74, 6) is -0.238. The van der Waals surface area contributed by atoms with E-state index in [2.05, 4.69) is 24.1 Å².